The van der Waals surface area contributed by atoms with E-state index in [0.717, 1.165) is 0 Å². The minimum atomic E-state index is -0.853. The first-order chi connectivity index (χ1) is 15.1. The Morgan fingerprint density at radius 3 is 2.58 bits per heavy atom. The molecule has 0 spiro atoms. The minimum absolute atomic E-state index is 0.0966. The number of hydrazone groups is 1. The average molecular weight is 415 g/mol. The Labute approximate surface area is 177 Å². The molecule has 0 aromatic heterocycles. The van der Waals surface area contributed by atoms with Crippen molar-refractivity contribution >= 4 is 29.5 Å². The lowest BCUT2D eigenvalue weighted by Crippen LogP contribution is -2.46. The number of rotatable bonds is 3. The lowest BCUT2D eigenvalue weighted by atomic mass is 9.86. The molecule has 154 valence electrons. The number of anilines is 1. The third kappa shape index (κ3) is 2.48. The Kier molecular flexibility index (Phi) is 3.77. The summed E-state index contributed by atoms with van der Waals surface area (Å²) >= 11 is 0. The summed E-state index contributed by atoms with van der Waals surface area (Å²) in [4.78, 5) is 41.6. The Morgan fingerprint density at radius 1 is 0.968 bits per heavy atom. The van der Waals surface area contributed by atoms with Crippen LogP contribution in [-0.4, -0.2) is 47.7 Å². The maximum absolute atomic E-state index is 13.6. The van der Waals surface area contributed by atoms with Crippen molar-refractivity contribution in [2.75, 3.05) is 11.7 Å². The van der Waals surface area contributed by atoms with Crippen LogP contribution in [0.15, 0.2) is 65.8 Å². The van der Waals surface area contributed by atoms with Gasteiger partial charge in [0.25, 0.3) is 0 Å². The van der Waals surface area contributed by atoms with Gasteiger partial charge >= 0.3 is 0 Å². The third-order valence-electron chi connectivity index (χ3n) is 6.23. The fraction of sp³-hybridized carbons (Fsp3) is 0.217. The average Bonchev–Trinajstić information content (AvgIpc) is 3.47. The number of hydrogen-bond acceptors (Lipinski definition) is 7. The van der Waals surface area contributed by atoms with Crippen LogP contribution < -0.4 is 14.4 Å². The van der Waals surface area contributed by atoms with Crippen molar-refractivity contribution in [3.63, 3.8) is 0 Å². The zero-order valence-electron chi connectivity index (χ0n) is 16.3. The van der Waals surface area contributed by atoms with Crippen molar-refractivity contribution < 1.29 is 23.9 Å². The molecule has 0 N–H and O–H groups in total. The molecular formula is C23H17N3O5. The molecule has 2 saturated heterocycles. The van der Waals surface area contributed by atoms with Crippen LogP contribution in [0, 0.1) is 11.8 Å². The Bertz CT molecular complexity index is 1170. The summed E-state index contributed by atoms with van der Waals surface area (Å²) in [5.74, 6) is -1.43. The number of Topliss-reactive ketones (excluding diaryl/α,β-unsaturated/α-hetero) is 1. The van der Waals surface area contributed by atoms with Gasteiger partial charge in [0.2, 0.25) is 18.6 Å². The van der Waals surface area contributed by atoms with E-state index in [-0.39, 0.29) is 18.5 Å². The first-order valence-electron chi connectivity index (χ1n) is 10.0. The Balaban J connectivity index is 1.42. The second-order valence-corrected chi connectivity index (χ2v) is 7.80. The topological polar surface area (TPSA) is 88.5 Å². The molecule has 4 aliphatic heterocycles. The highest BCUT2D eigenvalue weighted by Gasteiger charge is 2.64. The summed E-state index contributed by atoms with van der Waals surface area (Å²) in [6.45, 7) is 0.0966. The van der Waals surface area contributed by atoms with Crippen molar-refractivity contribution in [3.05, 3.63) is 66.2 Å². The second kappa shape index (κ2) is 6.53. The number of nitrogens with zero attached hydrogens (tertiary/aromatic N) is 3. The molecule has 2 aromatic rings. The van der Waals surface area contributed by atoms with Gasteiger partial charge in [0.1, 0.15) is 6.04 Å². The van der Waals surface area contributed by atoms with Crippen molar-refractivity contribution in [3.8, 4) is 11.5 Å². The number of benzene rings is 2. The van der Waals surface area contributed by atoms with Gasteiger partial charge in [0.05, 0.1) is 23.6 Å². The number of amides is 2. The number of fused-ring (bicyclic) bond motifs is 4. The first-order valence-corrected chi connectivity index (χ1v) is 10.0. The standard InChI is InChI=1S/C23H17N3O5/c27-21(13-5-2-1-3-6-13)20-19-18(15-7-4-10-24-26(15)20)22(28)25(23(19)29)14-8-9-16-17(11-14)31-12-30-16/h1-11,15,18-20H,12H2/t15?,18-,19-,20+/m0/s1. The molecule has 4 heterocycles. The number of imide groups is 1. The van der Waals surface area contributed by atoms with E-state index in [1.165, 1.54) is 4.90 Å². The minimum Gasteiger partial charge on any atom is -0.454 e. The van der Waals surface area contributed by atoms with Gasteiger partial charge in [-0.3, -0.25) is 19.4 Å². The molecule has 4 atom stereocenters. The summed E-state index contributed by atoms with van der Waals surface area (Å²) in [5, 5.41) is 5.97. The fourth-order valence-corrected chi connectivity index (χ4v) is 4.89. The summed E-state index contributed by atoms with van der Waals surface area (Å²) in [5.41, 5.74) is 0.896. The molecule has 8 nitrogen and oxygen atoms in total. The molecule has 1 unspecified atom stereocenters. The molecule has 0 aliphatic carbocycles. The van der Waals surface area contributed by atoms with Gasteiger partial charge in [-0.25, -0.2) is 4.90 Å². The summed E-state index contributed by atoms with van der Waals surface area (Å²) in [7, 11) is 0. The maximum Gasteiger partial charge on any atom is 0.240 e. The highest BCUT2D eigenvalue weighted by molar-refractivity contribution is 6.24. The van der Waals surface area contributed by atoms with Crippen molar-refractivity contribution in [2.45, 2.75) is 12.1 Å². The molecular weight excluding hydrogens is 398 g/mol. The van der Waals surface area contributed by atoms with Crippen molar-refractivity contribution in [1.29, 1.82) is 0 Å². The zero-order chi connectivity index (χ0) is 21.1. The van der Waals surface area contributed by atoms with Crippen LogP contribution in [0.1, 0.15) is 10.4 Å². The highest BCUT2D eigenvalue weighted by Crippen LogP contribution is 2.47. The molecule has 8 heteroatoms. The van der Waals surface area contributed by atoms with Crippen LogP contribution in [-0.2, 0) is 9.59 Å². The molecule has 0 radical (unpaired) electrons. The fourth-order valence-electron chi connectivity index (χ4n) is 4.89. The Morgan fingerprint density at radius 2 is 1.74 bits per heavy atom. The smallest absolute Gasteiger partial charge is 0.240 e. The third-order valence-corrected chi connectivity index (χ3v) is 6.23. The summed E-state index contributed by atoms with van der Waals surface area (Å²) in [6.07, 6.45) is 5.15. The highest BCUT2D eigenvalue weighted by atomic mass is 16.7. The number of ether oxygens (including phenoxy) is 2. The summed E-state index contributed by atoms with van der Waals surface area (Å²) < 4.78 is 10.7. The van der Waals surface area contributed by atoms with Gasteiger partial charge in [-0.15, -0.1) is 0 Å². The zero-order valence-corrected chi connectivity index (χ0v) is 16.3. The van der Waals surface area contributed by atoms with Crippen molar-refractivity contribution in [1.82, 2.24) is 5.01 Å². The van der Waals surface area contributed by atoms with Gasteiger partial charge in [0.15, 0.2) is 17.3 Å². The number of carbonyl (C=O) groups excluding carboxylic acids is 3. The SMILES string of the molecule is O=C(c1ccccc1)[C@H]1[C@H]2C(=O)N(c3ccc4c(c3)OCO4)C(=O)[C@H]2C2C=CC=NN21. The molecule has 0 bridgehead atoms. The molecule has 6 rings (SSSR count). The second-order valence-electron chi connectivity index (χ2n) is 7.80. The predicted octanol–water partition coefficient (Wildman–Crippen LogP) is 2.01. The lowest BCUT2D eigenvalue weighted by Gasteiger charge is -2.30. The van der Waals surface area contributed by atoms with Crippen LogP contribution in [0.25, 0.3) is 0 Å². The van der Waals surface area contributed by atoms with Gasteiger partial charge in [-0.1, -0.05) is 36.4 Å². The summed E-state index contributed by atoms with van der Waals surface area (Å²) in [6, 6.07) is 12.5. The van der Waals surface area contributed by atoms with E-state index in [1.807, 2.05) is 12.1 Å². The number of ketones is 1. The largest absolute Gasteiger partial charge is 0.454 e. The molecule has 2 amide bonds. The van der Waals surface area contributed by atoms with E-state index >= 15 is 0 Å². The van der Waals surface area contributed by atoms with E-state index in [1.54, 1.807) is 59.8 Å². The van der Waals surface area contributed by atoms with Crippen LogP contribution >= 0.6 is 0 Å². The van der Waals surface area contributed by atoms with Crippen LogP contribution in [0.5, 0.6) is 11.5 Å². The molecule has 2 aromatic carbocycles. The monoisotopic (exact) mass is 415 g/mol. The van der Waals surface area contributed by atoms with Crippen LogP contribution in [0.3, 0.4) is 0 Å². The van der Waals surface area contributed by atoms with E-state index < -0.39 is 29.8 Å². The number of carbonyl (C=O) groups is 3. The van der Waals surface area contributed by atoms with E-state index in [4.69, 9.17) is 9.47 Å². The van der Waals surface area contributed by atoms with E-state index in [9.17, 15) is 14.4 Å². The van der Waals surface area contributed by atoms with E-state index in [2.05, 4.69) is 5.10 Å². The normalized spacial score (nSPS) is 27.6. The molecule has 2 fully saturated rings. The molecule has 31 heavy (non-hydrogen) atoms. The van der Waals surface area contributed by atoms with Crippen LogP contribution in [0.4, 0.5) is 5.69 Å². The molecule has 4 aliphatic rings. The first kappa shape index (κ1) is 17.9. The Hall–Kier alpha value is -3.94. The maximum atomic E-state index is 13.6. The molecule has 0 saturated carbocycles. The van der Waals surface area contributed by atoms with Gasteiger partial charge in [-0.2, -0.15) is 5.10 Å². The lowest BCUT2D eigenvalue weighted by molar-refractivity contribution is -0.123. The van der Waals surface area contributed by atoms with Gasteiger partial charge in [-0.05, 0) is 18.2 Å². The van der Waals surface area contributed by atoms with E-state index in [0.29, 0.717) is 22.7 Å². The van der Waals surface area contributed by atoms with Crippen molar-refractivity contribution in [2.24, 2.45) is 16.9 Å². The van der Waals surface area contributed by atoms with Crippen LogP contribution in [0.2, 0.25) is 0 Å². The van der Waals surface area contributed by atoms with Gasteiger partial charge < -0.3 is 9.47 Å². The predicted molar refractivity (Wildman–Crippen MR) is 110 cm³/mol. The van der Waals surface area contributed by atoms with Gasteiger partial charge in [0, 0.05) is 17.8 Å². The number of hydrogen-bond donors (Lipinski definition) is 0. The quantitative estimate of drug-likeness (QED) is 0.563. The number of allylic oxidation sites excluding steroid dienone is 1.